The highest BCUT2D eigenvalue weighted by atomic mass is 19.4. The molecule has 0 aromatic rings. The van der Waals surface area contributed by atoms with E-state index in [9.17, 15) is 13.2 Å². The van der Waals surface area contributed by atoms with Gasteiger partial charge in [0.1, 0.15) is 0 Å². The van der Waals surface area contributed by atoms with Crippen LogP contribution in [0.2, 0.25) is 0 Å². The van der Waals surface area contributed by atoms with E-state index in [1.807, 2.05) is 7.05 Å². The second-order valence-corrected chi connectivity index (χ2v) is 5.39. The van der Waals surface area contributed by atoms with Crippen LogP contribution >= 0.6 is 0 Å². The van der Waals surface area contributed by atoms with E-state index >= 15 is 0 Å². The van der Waals surface area contributed by atoms with E-state index in [1.165, 1.54) is 0 Å². The lowest BCUT2D eigenvalue weighted by atomic mass is 9.81. The fourth-order valence-electron chi connectivity index (χ4n) is 2.73. The summed E-state index contributed by atoms with van der Waals surface area (Å²) >= 11 is 0. The predicted octanol–water partition coefficient (Wildman–Crippen LogP) is 2.90. The van der Waals surface area contributed by atoms with Crippen molar-refractivity contribution in [3.63, 3.8) is 0 Å². The molecule has 2 atom stereocenters. The fourth-order valence-corrected chi connectivity index (χ4v) is 2.73. The molecule has 0 heterocycles. The number of hydrogen-bond donors (Lipinski definition) is 1. The van der Waals surface area contributed by atoms with Crippen LogP contribution in [0.15, 0.2) is 0 Å². The van der Waals surface area contributed by atoms with Crippen LogP contribution in [-0.4, -0.2) is 44.3 Å². The van der Waals surface area contributed by atoms with Gasteiger partial charge in [-0.2, -0.15) is 13.2 Å². The van der Waals surface area contributed by atoms with Crippen LogP contribution in [0.3, 0.4) is 0 Å². The summed E-state index contributed by atoms with van der Waals surface area (Å²) < 4.78 is 38.0. The third-order valence-corrected chi connectivity index (χ3v) is 3.74. The van der Waals surface area contributed by atoms with Crippen molar-refractivity contribution < 1.29 is 13.2 Å². The first-order chi connectivity index (χ1) is 8.43. The Morgan fingerprint density at radius 2 is 2.00 bits per heavy atom. The fraction of sp³-hybridized carbons (Fsp3) is 1.00. The predicted molar refractivity (Wildman–Crippen MR) is 67.5 cm³/mol. The summed E-state index contributed by atoms with van der Waals surface area (Å²) in [5, 5.41) is 3.23. The normalized spacial score (nSPS) is 25.7. The lowest BCUT2D eigenvalue weighted by Crippen LogP contribution is -2.36. The molecule has 0 bridgehead atoms. The SMILES string of the molecule is CCNCCN(C)CC1CCCC(C(F)(F)F)C1. The zero-order chi connectivity index (χ0) is 13.6. The maximum Gasteiger partial charge on any atom is 0.391 e. The third-order valence-electron chi connectivity index (χ3n) is 3.74. The Kier molecular flexibility index (Phi) is 6.43. The van der Waals surface area contributed by atoms with Crippen LogP contribution in [0.25, 0.3) is 0 Å². The van der Waals surface area contributed by atoms with Crippen molar-refractivity contribution in [3.8, 4) is 0 Å². The summed E-state index contributed by atoms with van der Waals surface area (Å²) in [6, 6.07) is 0. The topological polar surface area (TPSA) is 15.3 Å². The number of likely N-dealkylation sites (N-methyl/N-ethyl adjacent to an activating group) is 2. The van der Waals surface area contributed by atoms with Gasteiger partial charge in [-0.05, 0) is 38.8 Å². The molecule has 0 aromatic heterocycles. The maximum atomic E-state index is 12.7. The van der Waals surface area contributed by atoms with Gasteiger partial charge in [0, 0.05) is 19.6 Å². The van der Waals surface area contributed by atoms with Gasteiger partial charge in [0.2, 0.25) is 0 Å². The van der Waals surface area contributed by atoms with Gasteiger partial charge in [-0.1, -0.05) is 13.3 Å². The van der Waals surface area contributed by atoms with E-state index in [2.05, 4.69) is 17.1 Å². The smallest absolute Gasteiger partial charge is 0.316 e. The number of rotatable bonds is 6. The van der Waals surface area contributed by atoms with Crippen molar-refractivity contribution in [2.45, 2.75) is 38.8 Å². The molecule has 0 radical (unpaired) electrons. The van der Waals surface area contributed by atoms with Crippen molar-refractivity contribution >= 4 is 0 Å². The van der Waals surface area contributed by atoms with Crippen molar-refractivity contribution in [1.29, 1.82) is 0 Å². The first-order valence-corrected chi connectivity index (χ1v) is 6.89. The molecule has 2 unspecified atom stereocenters. The van der Waals surface area contributed by atoms with Crippen molar-refractivity contribution in [3.05, 3.63) is 0 Å². The van der Waals surface area contributed by atoms with Crippen LogP contribution in [0.1, 0.15) is 32.6 Å². The second-order valence-electron chi connectivity index (χ2n) is 5.39. The second kappa shape index (κ2) is 7.34. The van der Waals surface area contributed by atoms with Crippen molar-refractivity contribution in [1.82, 2.24) is 10.2 Å². The van der Waals surface area contributed by atoms with Gasteiger partial charge in [-0.15, -0.1) is 0 Å². The molecule has 1 aliphatic rings. The van der Waals surface area contributed by atoms with Crippen molar-refractivity contribution in [2.24, 2.45) is 11.8 Å². The molecule has 2 nitrogen and oxygen atoms in total. The molecule has 1 fully saturated rings. The van der Waals surface area contributed by atoms with Gasteiger partial charge in [-0.25, -0.2) is 0 Å². The average molecular weight is 266 g/mol. The van der Waals surface area contributed by atoms with Crippen LogP contribution in [0.4, 0.5) is 13.2 Å². The quantitative estimate of drug-likeness (QED) is 0.744. The number of nitrogens with one attached hydrogen (secondary N) is 1. The van der Waals surface area contributed by atoms with E-state index in [0.29, 0.717) is 12.8 Å². The molecule has 1 rings (SSSR count). The van der Waals surface area contributed by atoms with Crippen LogP contribution in [0, 0.1) is 11.8 Å². The maximum absolute atomic E-state index is 12.7. The minimum atomic E-state index is -4.00. The van der Waals surface area contributed by atoms with Gasteiger partial charge >= 0.3 is 6.18 Å². The van der Waals surface area contributed by atoms with Crippen LogP contribution in [-0.2, 0) is 0 Å². The summed E-state index contributed by atoms with van der Waals surface area (Å²) in [4.78, 5) is 2.14. The zero-order valence-corrected chi connectivity index (χ0v) is 11.4. The molecule has 0 saturated heterocycles. The summed E-state index contributed by atoms with van der Waals surface area (Å²) in [6.07, 6.45) is -1.70. The van der Waals surface area contributed by atoms with Gasteiger partial charge in [0.25, 0.3) is 0 Å². The molecule has 0 aliphatic heterocycles. The van der Waals surface area contributed by atoms with E-state index in [1.54, 1.807) is 0 Å². The summed E-state index contributed by atoms with van der Waals surface area (Å²) in [5.74, 6) is -0.865. The summed E-state index contributed by atoms with van der Waals surface area (Å²) in [7, 11) is 1.99. The Morgan fingerprint density at radius 1 is 1.28 bits per heavy atom. The van der Waals surface area contributed by atoms with E-state index in [4.69, 9.17) is 0 Å². The molecule has 18 heavy (non-hydrogen) atoms. The average Bonchev–Trinajstić information content (AvgIpc) is 2.28. The Balaban J connectivity index is 2.29. The van der Waals surface area contributed by atoms with E-state index in [-0.39, 0.29) is 5.92 Å². The van der Waals surface area contributed by atoms with Gasteiger partial charge in [0.05, 0.1) is 5.92 Å². The first kappa shape index (κ1) is 15.8. The Bertz CT molecular complexity index is 231. The first-order valence-electron chi connectivity index (χ1n) is 6.89. The highest BCUT2D eigenvalue weighted by Crippen LogP contribution is 2.39. The highest BCUT2D eigenvalue weighted by molar-refractivity contribution is 4.79. The lowest BCUT2D eigenvalue weighted by molar-refractivity contribution is -0.186. The minimum absolute atomic E-state index is 0.206. The Morgan fingerprint density at radius 3 is 2.61 bits per heavy atom. The van der Waals surface area contributed by atoms with Gasteiger partial charge < -0.3 is 10.2 Å². The number of hydrogen-bond acceptors (Lipinski definition) is 2. The molecule has 0 amide bonds. The van der Waals surface area contributed by atoms with E-state index < -0.39 is 12.1 Å². The molecule has 1 N–H and O–H groups in total. The molecular formula is C13H25F3N2. The molecule has 1 aliphatic carbocycles. The number of alkyl halides is 3. The van der Waals surface area contributed by atoms with Gasteiger partial charge in [0.15, 0.2) is 0 Å². The standard InChI is InChI=1S/C13H25F3N2/c1-3-17-7-8-18(2)10-11-5-4-6-12(9-11)13(14,15)16/h11-12,17H,3-10H2,1-2H3. The minimum Gasteiger partial charge on any atom is -0.316 e. The Hall–Kier alpha value is -0.290. The molecule has 0 spiro atoms. The molecule has 1 saturated carbocycles. The van der Waals surface area contributed by atoms with E-state index in [0.717, 1.165) is 39.0 Å². The Labute approximate surface area is 108 Å². The van der Waals surface area contributed by atoms with Crippen LogP contribution in [0.5, 0.6) is 0 Å². The summed E-state index contributed by atoms with van der Waals surface area (Å²) in [5.41, 5.74) is 0. The highest BCUT2D eigenvalue weighted by Gasteiger charge is 2.42. The van der Waals surface area contributed by atoms with Crippen molar-refractivity contribution in [2.75, 3.05) is 33.2 Å². The molecular weight excluding hydrogens is 241 g/mol. The largest absolute Gasteiger partial charge is 0.391 e. The third kappa shape index (κ3) is 5.57. The molecule has 5 heteroatoms. The number of nitrogens with zero attached hydrogens (tertiary/aromatic N) is 1. The summed E-state index contributed by atoms with van der Waals surface area (Å²) in [6.45, 7) is 5.59. The lowest BCUT2D eigenvalue weighted by Gasteiger charge is -2.32. The van der Waals surface area contributed by atoms with Gasteiger partial charge in [-0.3, -0.25) is 0 Å². The zero-order valence-electron chi connectivity index (χ0n) is 11.4. The monoisotopic (exact) mass is 266 g/mol. The molecule has 0 aromatic carbocycles. The van der Waals surface area contributed by atoms with Crippen LogP contribution < -0.4 is 5.32 Å². The number of halogens is 3. The molecule has 108 valence electrons.